The standard InChI is InChI=1S/C14H21F3N2S/c1-2-7-19(10-14(15,16)17)9-13-6-5-12(20-13)8-18-11-3-4-11/h5-6,11,18H,2-4,7-10H2,1H3. The van der Waals surface area contributed by atoms with Crippen LogP contribution in [-0.2, 0) is 13.1 Å². The zero-order valence-corrected chi connectivity index (χ0v) is 12.5. The molecule has 2 nitrogen and oxygen atoms in total. The van der Waals surface area contributed by atoms with Gasteiger partial charge in [-0.2, -0.15) is 13.2 Å². The van der Waals surface area contributed by atoms with E-state index < -0.39 is 12.7 Å². The fourth-order valence-electron chi connectivity index (χ4n) is 2.14. The molecule has 1 aromatic rings. The monoisotopic (exact) mass is 306 g/mol. The second-order valence-electron chi connectivity index (χ2n) is 5.35. The van der Waals surface area contributed by atoms with Crippen molar-refractivity contribution < 1.29 is 13.2 Å². The maximum absolute atomic E-state index is 12.5. The zero-order chi connectivity index (χ0) is 14.6. The van der Waals surface area contributed by atoms with E-state index in [1.807, 2.05) is 19.1 Å². The smallest absolute Gasteiger partial charge is 0.309 e. The van der Waals surface area contributed by atoms with Crippen LogP contribution in [0.4, 0.5) is 13.2 Å². The molecular weight excluding hydrogens is 285 g/mol. The summed E-state index contributed by atoms with van der Waals surface area (Å²) in [7, 11) is 0. The van der Waals surface area contributed by atoms with Crippen molar-refractivity contribution in [3.05, 3.63) is 21.9 Å². The van der Waals surface area contributed by atoms with Crippen LogP contribution in [0.25, 0.3) is 0 Å². The summed E-state index contributed by atoms with van der Waals surface area (Å²) in [6, 6.07) is 4.63. The van der Waals surface area contributed by atoms with Gasteiger partial charge in [-0.1, -0.05) is 6.92 Å². The van der Waals surface area contributed by atoms with Crippen molar-refractivity contribution in [2.24, 2.45) is 0 Å². The number of rotatable bonds is 8. The largest absolute Gasteiger partial charge is 0.401 e. The Kier molecular flexibility index (Phi) is 5.46. The van der Waals surface area contributed by atoms with Crippen LogP contribution in [0.15, 0.2) is 12.1 Å². The Labute approximate surface area is 122 Å². The quantitative estimate of drug-likeness (QED) is 0.786. The number of halogens is 3. The minimum Gasteiger partial charge on any atom is -0.309 e. The second-order valence-corrected chi connectivity index (χ2v) is 6.60. The van der Waals surface area contributed by atoms with E-state index in [9.17, 15) is 13.2 Å². The van der Waals surface area contributed by atoms with Gasteiger partial charge in [0.15, 0.2) is 0 Å². The predicted molar refractivity (Wildman–Crippen MR) is 75.8 cm³/mol. The van der Waals surface area contributed by atoms with E-state index in [1.54, 1.807) is 11.3 Å². The molecule has 20 heavy (non-hydrogen) atoms. The van der Waals surface area contributed by atoms with Crippen molar-refractivity contribution in [3.8, 4) is 0 Å². The molecule has 0 atom stereocenters. The molecule has 1 N–H and O–H groups in total. The number of thiophene rings is 1. The van der Waals surface area contributed by atoms with Crippen molar-refractivity contribution >= 4 is 11.3 Å². The van der Waals surface area contributed by atoms with Gasteiger partial charge < -0.3 is 5.32 Å². The highest BCUT2D eigenvalue weighted by atomic mass is 32.1. The van der Waals surface area contributed by atoms with E-state index in [-0.39, 0.29) is 0 Å². The first-order valence-corrected chi connectivity index (χ1v) is 7.88. The number of alkyl halides is 3. The van der Waals surface area contributed by atoms with Crippen molar-refractivity contribution in [2.45, 2.75) is 51.5 Å². The Morgan fingerprint density at radius 3 is 2.60 bits per heavy atom. The lowest BCUT2D eigenvalue weighted by atomic mass is 10.3. The van der Waals surface area contributed by atoms with Crippen LogP contribution in [0.5, 0.6) is 0 Å². The summed E-state index contributed by atoms with van der Waals surface area (Å²) in [5.41, 5.74) is 0. The fourth-order valence-corrected chi connectivity index (χ4v) is 3.15. The molecule has 0 radical (unpaired) electrons. The normalized spacial score (nSPS) is 16.1. The Hall–Kier alpha value is -0.590. The molecule has 0 aromatic carbocycles. The van der Waals surface area contributed by atoms with Gasteiger partial charge in [0.05, 0.1) is 6.54 Å². The van der Waals surface area contributed by atoms with E-state index in [2.05, 4.69) is 5.32 Å². The Bertz CT molecular complexity index is 413. The first-order chi connectivity index (χ1) is 9.46. The van der Waals surface area contributed by atoms with Crippen molar-refractivity contribution in [3.63, 3.8) is 0 Å². The highest BCUT2D eigenvalue weighted by Crippen LogP contribution is 2.24. The summed E-state index contributed by atoms with van der Waals surface area (Å²) in [6.45, 7) is 2.79. The lowest BCUT2D eigenvalue weighted by molar-refractivity contribution is -0.147. The predicted octanol–water partition coefficient (Wildman–Crippen LogP) is 3.77. The van der Waals surface area contributed by atoms with E-state index in [4.69, 9.17) is 0 Å². The molecule has 2 rings (SSSR count). The molecule has 0 amide bonds. The van der Waals surface area contributed by atoms with Crippen LogP contribution in [0.2, 0.25) is 0 Å². The molecular formula is C14H21F3N2S. The van der Waals surface area contributed by atoms with E-state index in [0.29, 0.717) is 19.1 Å². The van der Waals surface area contributed by atoms with Crippen LogP contribution in [0, 0.1) is 0 Å². The van der Waals surface area contributed by atoms with E-state index in [1.165, 1.54) is 22.6 Å². The topological polar surface area (TPSA) is 15.3 Å². The number of hydrogen-bond donors (Lipinski definition) is 1. The average molecular weight is 306 g/mol. The molecule has 114 valence electrons. The van der Waals surface area contributed by atoms with Gasteiger partial charge in [0.1, 0.15) is 0 Å². The molecule has 1 aromatic heterocycles. The van der Waals surface area contributed by atoms with E-state index >= 15 is 0 Å². The third kappa shape index (κ3) is 5.81. The third-order valence-corrected chi connectivity index (χ3v) is 4.25. The highest BCUT2D eigenvalue weighted by molar-refractivity contribution is 7.11. The molecule has 0 aliphatic heterocycles. The summed E-state index contributed by atoms with van der Waals surface area (Å²) in [5, 5.41) is 3.42. The Morgan fingerprint density at radius 2 is 2.00 bits per heavy atom. The number of hydrogen-bond acceptors (Lipinski definition) is 3. The molecule has 0 saturated heterocycles. The van der Waals surface area contributed by atoms with Gasteiger partial charge in [0.2, 0.25) is 0 Å². The van der Waals surface area contributed by atoms with Gasteiger partial charge in [-0.05, 0) is 37.9 Å². The van der Waals surface area contributed by atoms with Gasteiger partial charge in [0.25, 0.3) is 0 Å². The molecule has 1 fully saturated rings. The summed E-state index contributed by atoms with van der Waals surface area (Å²) >= 11 is 1.61. The van der Waals surface area contributed by atoms with E-state index in [0.717, 1.165) is 17.8 Å². The minimum absolute atomic E-state index is 0.390. The van der Waals surface area contributed by atoms with Crippen LogP contribution in [0.1, 0.15) is 35.9 Å². The first kappa shape index (κ1) is 15.8. The SMILES string of the molecule is CCCN(Cc1ccc(CNC2CC2)s1)CC(F)(F)F. The van der Waals surface area contributed by atoms with Gasteiger partial charge in [-0.3, -0.25) is 4.90 Å². The highest BCUT2D eigenvalue weighted by Gasteiger charge is 2.30. The third-order valence-electron chi connectivity index (χ3n) is 3.18. The fraction of sp³-hybridized carbons (Fsp3) is 0.714. The first-order valence-electron chi connectivity index (χ1n) is 7.06. The van der Waals surface area contributed by atoms with Gasteiger partial charge in [-0.15, -0.1) is 11.3 Å². The van der Waals surface area contributed by atoms with Gasteiger partial charge >= 0.3 is 6.18 Å². The molecule has 6 heteroatoms. The van der Waals surface area contributed by atoms with Crippen molar-refractivity contribution in [1.82, 2.24) is 10.2 Å². The average Bonchev–Trinajstić information content (AvgIpc) is 3.06. The molecule has 0 spiro atoms. The summed E-state index contributed by atoms with van der Waals surface area (Å²) in [5.74, 6) is 0. The maximum Gasteiger partial charge on any atom is 0.401 e. The molecule has 0 unspecified atom stereocenters. The van der Waals surface area contributed by atoms with Crippen molar-refractivity contribution in [1.29, 1.82) is 0 Å². The van der Waals surface area contributed by atoms with Crippen LogP contribution < -0.4 is 5.32 Å². The molecule has 1 saturated carbocycles. The lowest BCUT2D eigenvalue weighted by Gasteiger charge is -2.22. The summed E-state index contributed by atoms with van der Waals surface area (Å²) in [4.78, 5) is 3.69. The van der Waals surface area contributed by atoms with Crippen molar-refractivity contribution in [2.75, 3.05) is 13.1 Å². The molecule has 0 bridgehead atoms. The lowest BCUT2D eigenvalue weighted by Crippen LogP contribution is -2.34. The number of nitrogens with zero attached hydrogens (tertiary/aromatic N) is 1. The molecule has 1 aliphatic carbocycles. The summed E-state index contributed by atoms with van der Waals surface area (Å²) in [6.07, 6.45) is -0.900. The minimum atomic E-state index is -4.12. The van der Waals surface area contributed by atoms with Crippen LogP contribution >= 0.6 is 11.3 Å². The zero-order valence-electron chi connectivity index (χ0n) is 11.7. The summed E-state index contributed by atoms with van der Waals surface area (Å²) < 4.78 is 37.5. The van der Waals surface area contributed by atoms with Crippen LogP contribution in [-0.4, -0.2) is 30.2 Å². The molecule has 1 aliphatic rings. The van der Waals surface area contributed by atoms with Crippen LogP contribution in [0.3, 0.4) is 0 Å². The maximum atomic E-state index is 12.5. The van der Waals surface area contributed by atoms with Gasteiger partial charge in [-0.25, -0.2) is 0 Å². The second kappa shape index (κ2) is 6.91. The Morgan fingerprint density at radius 1 is 1.30 bits per heavy atom. The van der Waals surface area contributed by atoms with Gasteiger partial charge in [0, 0.05) is 28.9 Å². The number of nitrogens with one attached hydrogen (secondary N) is 1. The Balaban J connectivity index is 1.85. The molecule has 1 heterocycles.